The van der Waals surface area contributed by atoms with Crippen LogP contribution in [-0.4, -0.2) is 29.6 Å². The van der Waals surface area contributed by atoms with Crippen molar-refractivity contribution in [1.29, 1.82) is 0 Å². The van der Waals surface area contributed by atoms with Gasteiger partial charge in [0.2, 0.25) is 0 Å². The lowest BCUT2D eigenvalue weighted by Gasteiger charge is -2.26. The zero-order valence-corrected chi connectivity index (χ0v) is 18.4. The molecule has 0 radical (unpaired) electrons. The van der Waals surface area contributed by atoms with Crippen LogP contribution >= 0.6 is 0 Å². The second-order valence-electron chi connectivity index (χ2n) is 8.00. The summed E-state index contributed by atoms with van der Waals surface area (Å²) in [7, 11) is 0. The monoisotopic (exact) mass is 405 g/mol. The first-order chi connectivity index (χ1) is 14.7. The molecule has 3 nitrogen and oxygen atoms in total. The van der Waals surface area contributed by atoms with Gasteiger partial charge in [0.05, 0.1) is 6.10 Å². The van der Waals surface area contributed by atoms with Crippen molar-refractivity contribution in [3.8, 4) is 5.75 Å². The molecule has 160 valence electrons. The van der Waals surface area contributed by atoms with E-state index in [2.05, 4.69) is 43.0 Å². The van der Waals surface area contributed by atoms with E-state index in [1.165, 1.54) is 25.7 Å². The second kappa shape index (κ2) is 11.7. The Kier molecular flexibility index (Phi) is 8.73. The molecule has 3 aromatic rings. The van der Waals surface area contributed by atoms with E-state index in [1.54, 1.807) is 0 Å². The third-order valence-corrected chi connectivity index (χ3v) is 5.60. The Labute approximate surface area is 181 Å². The minimum atomic E-state index is -0.508. The number of nitrogens with zero attached hydrogens (tertiary/aromatic N) is 1. The maximum absolute atomic E-state index is 11.1. The molecular weight excluding hydrogens is 370 g/mol. The van der Waals surface area contributed by atoms with E-state index in [0.29, 0.717) is 13.2 Å². The van der Waals surface area contributed by atoms with Crippen molar-refractivity contribution in [2.75, 3.05) is 19.6 Å². The Hall–Kier alpha value is -2.36. The van der Waals surface area contributed by atoms with E-state index in [4.69, 9.17) is 4.74 Å². The number of fused-ring (bicyclic) bond motifs is 1. The molecule has 1 N–H and O–H groups in total. The molecular formula is C27H35NO2. The molecule has 30 heavy (non-hydrogen) atoms. The molecule has 0 heterocycles. The van der Waals surface area contributed by atoms with Crippen molar-refractivity contribution in [3.05, 3.63) is 77.9 Å². The average molecular weight is 406 g/mol. The molecule has 0 aliphatic rings. The highest BCUT2D eigenvalue weighted by atomic mass is 16.5. The zero-order valence-electron chi connectivity index (χ0n) is 18.4. The number of ether oxygens (including phenoxy) is 1. The Morgan fingerprint density at radius 3 is 2.10 bits per heavy atom. The molecule has 0 bridgehead atoms. The third-order valence-electron chi connectivity index (χ3n) is 5.60. The van der Waals surface area contributed by atoms with Crippen LogP contribution in [0.1, 0.15) is 56.8 Å². The maximum Gasteiger partial charge on any atom is 0.127 e. The molecule has 1 unspecified atom stereocenters. The molecule has 0 saturated heterocycles. The van der Waals surface area contributed by atoms with Gasteiger partial charge in [0.1, 0.15) is 12.4 Å². The summed E-state index contributed by atoms with van der Waals surface area (Å²) in [6, 6.07) is 22.5. The molecule has 3 aromatic carbocycles. The lowest BCUT2D eigenvalue weighted by atomic mass is 9.99. The lowest BCUT2D eigenvalue weighted by molar-refractivity contribution is 0.112. The molecule has 0 aliphatic heterocycles. The standard InChI is InChI=1S/C27H35NO2/c1-3-5-18-28(19-6-4-2)20-26(29)24-16-17-27(25-15-11-10-14-23(24)25)30-21-22-12-8-7-9-13-22/h7-17,26,29H,3-6,18-21H2,1-2H3. The molecule has 1 atom stereocenters. The van der Waals surface area contributed by atoms with E-state index in [0.717, 1.165) is 40.7 Å². The Bertz CT molecular complexity index is 886. The average Bonchev–Trinajstić information content (AvgIpc) is 2.79. The highest BCUT2D eigenvalue weighted by Gasteiger charge is 2.17. The topological polar surface area (TPSA) is 32.7 Å². The fourth-order valence-electron chi connectivity index (χ4n) is 3.85. The summed E-state index contributed by atoms with van der Waals surface area (Å²) in [6.07, 6.45) is 4.18. The molecule has 0 saturated carbocycles. The number of hydrogen-bond donors (Lipinski definition) is 1. The minimum absolute atomic E-state index is 0.508. The van der Waals surface area contributed by atoms with Crippen LogP contribution in [0.15, 0.2) is 66.7 Å². The third kappa shape index (κ3) is 6.07. The van der Waals surface area contributed by atoms with Gasteiger partial charge >= 0.3 is 0 Å². The number of hydrogen-bond acceptors (Lipinski definition) is 3. The van der Waals surface area contributed by atoms with Gasteiger partial charge in [-0.3, -0.25) is 0 Å². The highest BCUT2D eigenvalue weighted by molar-refractivity contribution is 5.91. The van der Waals surface area contributed by atoms with Crippen LogP contribution < -0.4 is 4.74 Å². The van der Waals surface area contributed by atoms with Crippen molar-refractivity contribution in [3.63, 3.8) is 0 Å². The number of aliphatic hydroxyl groups is 1. The van der Waals surface area contributed by atoms with Gasteiger partial charge in [-0.15, -0.1) is 0 Å². The summed E-state index contributed by atoms with van der Waals surface area (Å²) in [4.78, 5) is 2.41. The van der Waals surface area contributed by atoms with Crippen molar-refractivity contribution in [1.82, 2.24) is 4.90 Å². The van der Waals surface area contributed by atoms with Gasteiger partial charge in [-0.05, 0) is 48.5 Å². The van der Waals surface area contributed by atoms with Crippen LogP contribution in [0, 0.1) is 0 Å². The predicted octanol–water partition coefficient (Wildman–Crippen LogP) is 6.35. The zero-order chi connectivity index (χ0) is 21.2. The van der Waals surface area contributed by atoms with E-state index in [9.17, 15) is 5.11 Å². The van der Waals surface area contributed by atoms with Crippen molar-refractivity contribution < 1.29 is 9.84 Å². The molecule has 3 rings (SSSR count). The number of benzene rings is 3. The van der Waals surface area contributed by atoms with Crippen LogP contribution in [0.5, 0.6) is 5.75 Å². The van der Waals surface area contributed by atoms with E-state index in [1.807, 2.05) is 42.5 Å². The molecule has 0 spiro atoms. The van der Waals surface area contributed by atoms with E-state index < -0.39 is 6.10 Å². The highest BCUT2D eigenvalue weighted by Crippen LogP contribution is 2.32. The quantitative estimate of drug-likeness (QED) is 0.381. The molecule has 0 fully saturated rings. The van der Waals surface area contributed by atoms with Crippen LogP contribution in [-0.2, 0) is 6.61 Å². The van der Waals surface area contributed by atoms with Crippen molar-refractivity contribution in [2.24, 2.45) is 0 Å². The Morgan fingerprint density at radius 1 is 0.800 bits per heavy atom. The SMILES string of the molecule is CCCCN(CCCC)CC(O)c1ccc(OCc2ccccc2)c2ccccc12. The normalized spacial score (nSPS) is 12.4. The Balaban J connectivity index is 1.78. The first-order valence-corrected chi connectivity index (χ1v) is 11.3. The first kappa shape index (κ1) is 22.3. The van der Waals surface area contributed by atoms with Crippen LogP contribution in [0.2, 0.25) is 0 Å². The molecule has 0 aliphatic carbocycles. The van der Waals surface area contributed by atoms with Gasteiger partial charge in [-0.2, -0.15) is 0 Å². The maximum atomic E-state index is 11.1. The summed E-state index contributed by atoms with van der Waals surface area (Å²) in [6.45, 7) is 7.74. The van der Waals surface area contributed by atoms with Gasteiger partial charge in [0.25, 0.3) is 0 Å². The molecule has 0 amide bonds. The van der Waals surface area contributed by atoms with Crippen LogP contribution in [0.4, 0.5) is 0 Å². The Morgan fingerprint density at radius 2 is 1.43 bits per heavy atom. The van der Waals surface area contributed by atoms with Gasteiger partial charge < -0.3 is 14.7 Å². The number of unbranched alkanes of at least 4 members (excludes halogenated alkanes) is 2. The lowest BCUT2D eigenvalue weighted by Crippen LogP contribution is -2.30. The van der Waals surface area contributed by atoms with E-state index in [-0.39, 0.29) is 0 Å². The van der Waals surface area contributed by atoms with Crippen molar-refractivity contribution in [2.45, 2.75) is 52.2 Å². The number of rotatable bonds is 12. The minimum Gasteiger partial charge on any atom is -0.488 e. The van der Waals surface area contributed by atoms with E-state index >= 15 is 0 Å². The van der Waals surface area contributed by atoms with Gasteiger partial charge in [0.15, 0.2) is 0 Å². The smallest absolute Gasteiger partial charge is 0.127 e. The van der Waals surface area contributed by atoms with Gasteiger partial charge in [-0.25, -0.2) is 0 Å². The van der Waals surface area contributed by atoms with Crippen molar-refractivity contribution >= 4 is 10.8 Å². The van der Waals surface area contributed by atoms with Gasteiger partial charge in [0, 0.05) is 11.9 Å². The first-order valence-electron chi connectivity index (χ1n) is 11.3. The number of aliphatic hydroxyl groups excluding tert-OH is 1. The second-order valence-corrected chi connectivity index (χ2v) is 8.00. The fourth-order valence-corrected chi connectivity index (χ4v) is 3.85. The summed E-state index contributed by atoms with van der Waals surface area (Å²) in [5.74, 6) is 0.860. The van der Waals surface area contributed by atoms with Crippen LogP contribution in [0.25, 0.3) is 10.8 Å². The summed E-state index contributed by atoms with van der Waals surface area (Å²) < 4.78 is 6.14. The van der Waals surface area contributed by atoms with Gasteiger partial charge in [-0.1, -0.05) is 87.4 Å². The van der Waals surface area contributed by atoms with Crippen LogP contribution in [0.3, 0.4) is 0 Å². The molecule has 3 heteroatoms. The fraction of sp³-hybridized carbons (Fsp3) is 0.407. The summed E-state index contributed by atoms with van der Waals surface area (Å²) in [5, 5.41) is 13.2. The predicted molar refractivity (Wildman–Crippen MR) is 126 cm³/mol. The summed E-state index contributed by atoms with van der Waals surface area (Å²) in [5.41, 5.74) is 2.13. The molecule has 0 aromatic heterocycles. The largest absolute Gasteiger partial charge is 0.488 e. The summed E-state index contributed by atoms with van der Waals surface area (Å²) >= 11 is 0.